The van der Waals surface area contributed by atoms with Gasteiger partial charge >= 0.3 is 0 Å². The van der Waals surface area contributed by atoms with Crippen LogP contribution in [0.3, 0.4) is 0 Å². The normalized spacial score (nSPS) is 15.8. The molecule has 1 aliphatic rings. The van der Waals surface area contributed by atoms with E-state index in [4.69, 9.17) is 11.0 Å². The van der Waals surface area contributed by atoms with Crippen molar-refractivity contribution in [2.24, 2.45) is 0 Å². The van der Waals surface area contributed by atoms with Gasteiger partial charge in [-0.1, -0.05) is 0 Å². The minimum atomic E-state index is 0.0996. The van der Waals surface area contributed by atoms with Crippen molar-refractivity contribution in [3.05, 3.63) is 17.8 Å². The Morgan fingerprint density at radius 1 is 1.42 bits per heavy atom. The van der Waals surface area contributed by atoms with Crippen LogP contribution in [0.15, 0.2) is 12.3 Å². The van der Waals surface area contributed by atoms with Crippen molar-refractivity contribution in [1.82, 2.24) is 9.88 Å². The summed E-state index contributed by atoms with van der Waals surface area (Å²) in [6.45, 7) is 4.55. The van der Waals surface area contributed by atoms with Crippen molar-refractivity contribution < 1.29 is 4.79 Å². The van der Waals surface area contributed by atoms with Crippen LogP contribution in [0.2, 0.25) is 0 Å². The van der Waals surface area contributed by atoms with Gasteiger partial charge in [0.25, 0.3) is 0 Å². The molecule has 0 radical (unpaired) electrons. The number of pyridine rings is 1. The number of nitrogens with zero attached hydrogens (tertiary/aromatic N) is 4. The Hall–Kier alpha value is -2.29. The number of carbonyl (C=O) groups excluding carboxylic acids is 1. The summed E-state index contributed by atoms with van der Waals surface area (Å²) in [7, 11) is 0. The van der Waals surface area contributed by atoms with E-state index in [1.807, 2.05) is 11.0 Å². The topological polar surface area (TPSA) is 86.2 Å². The maximum atomic E-state index is 11.4. The fraction of sp³-hybridized carbons (Fsp3) is 0.462. The van der Waals surface area contributed by atoms with E-state index in [9.17, 15) is 4.79 Å². The molecular weight excluding hydrogens is 242 g/mol. The zero-order chi connectivity index (χ0) is 13.8. The van der Waals surface area contributed by atoms with E-state index in [1.165, 1.54) is 6.20 Å². The van der Waals surface area contributed by atoms with Gasteiger partial charge in [0, 0.05) is 39.3 Å². The van der Waals surface area contributed by atoms with Crippen LogP contribution in [0.5, 0.6) is 0 Å². The van der Waals surface area contributed by atoms with Crippen molar-refractivity contribution in [3.8, 4) is 6.07 Å². The quantitative estimate of drug-likeness (QED) is 0.797. The summed E-state index contributed by atoms with van der Waals surface area (Å²) in [6.07, 6.45) is 2.42. The molecule has 0 bridgehead atoms. The van der Waals surface area contributed by atoms with E-state index < -0.39 is 0 Å². The average molecular weight is 259 g/mol. The Kier molecular flexibility index (Phi) is 3.85. The van der Waals surface area contributed by atoms with Gasteiger partial charge in [0.05, 0.1) is 11.3 Å². The number of carbonyl (C=O) groups is 1. The average Bonchev–Trinajstić information content (AvgIpc) is 2.64. The van der Waals surface area contributed by atoms with Crippen LogP contribution in [0.4, 0.5) is 11.5 Å². The van der Waals surface area contributed by atoms with Crippen LogP contribution in [-0.2, 0) is 4.79 Å². The molecule has 0 saturated carbocycles. The Balaban J connectivity index is 2.14. The van der Waals surface area contributed by atoms with Crippen molar-refractivity contribution in [3.63, 3.8) is 0 Å². The van der Waals surface area contributed by atoms with Crippen LogP contribution in [0.25, 0.3) is 0 Å². The predicted octanol–water partition coefficient (Wildman–Crippen LogP) is 0.594. The van der Waals surface area contributed by atoms with Gasteiger partial charge in [0.2, 0.25) is 5.91 Å². The van der Waals surface area contributed by atoms with Gasteiger partial charge in [-0.2, -0.15) is 5.26 Å². The Morgan fingerprint density at radius 2 is 2.21 bits per heavy atom. The van der Waals surface area contributed by atoms with Gasteiger partial charge in [-0.25, -0.2) is 4.98 Å². The monoisotopic (exact) mass is 259 g/mol. The molecule has 0 unspecified atom stereocenters. The van der Waals surface area contributed by atoms with E-state index in [0.29, 0.717) is 30.2 Å². The van der Waals surface area contributed by atoms with Gasteiger partial charge in [0.15, 0.2) is 5.82 Å². The maximum absolute atomic E-state index is 11.4. The Labute approximate surface area is 112 Å². The lowest BCUT2D eigenvalue weighted by Crippen LogP contribution is -2.34. The molecule has 1 aromatic heterocycles. The third-order valence-electron chi connectivity index (χ3n) is 3.26. The van der Waals surface area contributed by atoms with E-state index >= 15 is 0 Å². The summed E-state index contributed by atoms with van der Waals surface area (Å²) >= 11 is 0. The first kappa shape index (κ1) is 13.1. The van der Waals surface area contributed by atoms with Gasteiger partial charge in [-0.15, -0.1) is 0 Å². The molecule has 100 valence electrons. The van der Waals surface area contributed by atoms with Crippen molar-refractivity contribution in [2.45, 2.75) is 13.3 Å². The summed E-state index contributed by atoms with van der Waals surface area (Å²) in [5, 5.41) is 8.80. The smallest absolute Gasteiger partial charge is 0.219 e. The zero-order valence-electron chi connectivity index (χ0n) is 11.0. The first-order valence-electron chi connectivity index (χ1n) is 6.28. The summed E-state index contributed by atoms with van der Waals surface area (Å²) in [5.74, 6) is 0.798. The van der Waals surface area contributed by atoms with E-state index in [-0.39, 0.29) is 5.91 Å². The van der Waals surface area contributed by atoms with Crippen molar-refractivity contribution in [2.75, 3.05) is 36.8 Å². The molecule has 19 heavy (non-hydrogen) atoms. The number of hydrogen-bond donors (Lipinski definition) is 1. The number of nitrogens with two attached hydrogens (primary N) is 1. The second kappa shape index (κ2) is 5.57. The summed E-state index contributed by atoms with van der Waals surface area (Å²) in [6, 6.07) is 3.65. The number of amides is 1. The first-order chi connectivity index (χ1) is 9.11. The first-order valence-corrected chi connectivity index (χ1v) is 6.28. The number of nitrogen functional groups attached to an aromatic ring is 1. The highest BCUT2D eigenvalue weighted by Crippen LogP contribution is 2.22. The molecule has 1 fully saturated rings. The van der Waals surface area contributed by atoms with E-state index in [2.05, 4.69) is 9.88 Å². The van der Waals surface area contributed by atoms with Crippen LogP contribution >= 0.6 is 0 Å². The summed E-state index contributed by atoms with van der Waals surface area (Å²) < 4.78 is 0. The number of hydrogen-bond acceptors (Lipinski definition) is 5. The molecule has 0 spiro atoms. The maximum Gasteiger partial charge on any atom is 0.219 e. The Morgan fingerprint density at radius 3 is 2.84 bits per heavy atom. The molecule has 1 amide bonds. The standard InChI is InChI=1S/C13H17N5O/c1-10(19)17-3-2-4-18(6-5-17)13-12(15)7-11(8-14)9-16-13/h7,9H,2-6,15H2,1H3. The summed E-state index contributed by atoms with van der Waals surface area (Å²) in [4.78, 5) is 19.5. The van der Waals surface area contributed by atoms with E-state index in [1.54, 1.807) is 13.0 Å². The molecule has 2 rings (SSSR count). The molecule has 1 aliphatic heterocycles. The number of rotatable bonds is 1. The van der Waals surface area contributed by atoms with Gasteiger partial charge in [-0.3, -0.25) is 4.79 Å². The third-order valence-corrected chi connectivity index (χ3v) is 3.26. The molecule has 2 N–H and O–H groups in total. The highest BCUT2D eigenvalue weighted by Gasteiger charge is 2.19. The largest absolute Gasteiger partial charge is 0.396 e. The number of nitriles is 1. The minimum Gasteiger partial charge on any atom is -0.396 e. The van der Waals surface area contributed by atoms with Crippen LogP contribution in [-0.4, -0.2) is 42.0 Å². The second-order valence-corrected chi connectivity index (χ2v) is 4.60. The molecular formula is C13H17N5O. The van der Waals surface area contributed by atoms with Crippen LogP contribution < -0.4 is 10.6 Å². The lowest BCUT2D eigenvalue weighted by Gasteiger charge is -2.23. The molecule has 2 heterocycles. The lowest BCUT2D eigenvalue weighted by molar-refractivity contribution is -0.128. The molecule has 1 saturated heterocycles. The SMILES string of the molecule is CC(=O)N1CCCN(c2ncc(C#N)cc2N)CC1. The molecule has 0 atom stereocenters. The molecule has 6 heteroatoms. The van der Waals surface area contributed by atoms with E-state index in [0.717, 1.165) is 19.5 Å². The van der Waals surface area contributed by atoms with Crippen LogP contribution in [0.1, 0.15) is 18.9 Å². The van der Waals surface area contributed by atoms with Gasteiger partial charge in [-0.05, 0) is 12.5 Å². The Bertz CT molecular complexity index is 522. The molecule has 0 aliphatic carbocycles. The summed E-state index contributed by atoms with van der Waals surface area (Å²) in [5.41, 5.74) is 6.91. The molecule has 6 nitrogen and oxygen atoms in total. The predicted molar refractivity (Wildman–Crippen MR) is 72.4 cm³/mol. The van der Waals surface area contributed by atoms with Crippen molar-refractivity contribution in [1.29, 1.82) is 5.26 Å². The highest BCUT2D eigenvalue weighted by atomic mass is 16.2. The highest BCUT2D eigenvalue weighted by molar-refractivity contribution is 5.73. The van der Waals surface area contributed by atoms with Gasteiger partial charge in [0.1, 0.15) is 6.07 Å². The molecule has 1 aromatic rings. The number of aromatic nitrogens is 1. The minimum absolute atomic E-state index is 0.0996. The van der Waals surface area contributed by atoms with Crippen LogP contribution in [0, 0.1) is 11.3 Å². The second-order valence-electron chi connectivity index (χ2n) is 4.60. The number of anilines is 2. The fourth-order valence-corrected chi connectivity index (χ4v) is 2.24. The third kappa shape index (κ3) is 2.94. The van der Waals surface area contributed by atoms with Crippen molar-refractivity contribution >= 4 is 17.4 Å². The zero-order valence-corrected chi connectivity index (χ0v) is 11.0. The fourth-order valence-electron chi connectivity index (χ4n) is 2.24. The van der Waals surface area contributed by atoms with Gasteiger partial charge < -0.3 is 15.5 Å². The lowest BCUT2D eigenvalue weighted by atomic mass is 10.2. The molecule has 0 aromatic carbocycles.